The van der Waals surface area contributed by atoms with Crippen molar-refractivity contribution in [2.24, 2.45) is 5.41 Å². The maximum Gasteiger partial charge on any atom is 0.254 e. The zero-order chi connectivity index (χ0) is 16.6. The lowest BCUT2D eigenvalue weighted by molar-refractivity contribution is -0.128. The lowest BCUT2D eigenvalue weighted by Gasteiger charge is -2.58. The van der Waals surface area contributed by atoms with Gasteiger partial charge in [-0.3, -0.25) is 0 Å². The van der Waals surface area contributed by atoms with Gasteiger partial charge in [0.05, 0.1) is 6.10 Å². The van der Waals surface area contributed by atoms with Gasteiger partial charge in [-0.25, -0.2) is 4.98 Å². The second-order valence-corrected chi connectivity index (χ2v) is 6.47. The van der Waals surface area contributed by atoms with Crippen molar-refractivity contribution in [3.8, 4) is 0 Å². The van der Waals surface area contributed by atoms with Gasteiger partial charge in [0, 0.05) is 36.9 Å². The maximum absolute atomic E-state index is 6.01. The van der Waals surface area contributed by atoms with E-state index in [1.54, 1.807) is 6.33 Å². The van der Waals surface area contributed by atoms with Gasteiger partial charge in [0.1, 0.15) is 12.1 Å². The number of hydrogen-bond acceptors (Lipinski definition) is 5. The summed E-state index contributed by atoms with van der Waals surface area (Å²) in [6.07, 6.45) is 5.21. The maximum atomic E-state index is 6.01. The molecule has 0 saturated heterocycles. The summed E-state index contributed by atoms with van der Waals surface area (Å²) >= 11 is 0. The minimum atomic E-state index is 0.203. The minimum absolute atomic E-state index is 0.203. The molecule has 2 heterocycles. The predicted octanol–water partition coefficient (Wildman–Crippen LogP) is 2.85. The first kappa shape index (κ1) is 16.2. The van der Waals surface area contributed by atoms with Crippen LogP contribution in [0.3, 0.4) is 0 Å². The van der Waals surface area contributed by atoms with Crippen LogP contribution in [0.2, 0.25) is 0 Å². The van der Waals surface area contributed by atoms with Gasteiger partial charge >= 0.3 is 0 Å². The number of fused-ring (bicyclic) bond motifs is 1. The Morgan fingerprint density at radius 3 is 2.74 bits per heavy atom. The summed E-state index contributed by atoms with van der Waals surface area (Å²) in [5.74, 6) is 1.71. The molecule has 1 saturated carbocycles. The Balaban J connectivity index is 1.96. The zero-order valence-electron chi connectivity index (χ0n) is 14.8. The monoisotopic (exact) mass is 317 g/mol. The highest BCUT2D eigenvalue weighted by molar-refractivity contribution is 5.48. The van der Waals surface area contributed by atoms with Crippen molar-refractivity contribution < 1.29 is 4.74 Å². The summed E-state index contributed by atoms with van der Waals surface area (Å²) in [6, 6.07) is 2.54. The highest BCUT2D eigenvalue weighted by atomic mass is 16.5. The van der Waals surface area contributed by atoms with E-state index in [1.165, 1.54) is 0 Å². The van der Waals surface area contributed by atoms with E-state index in [-0.39, 0.29) is 5.41 Å². The van der Waals surface area contributed by atoms with Crippen LogP contribution >= 0.6 is 0 Å². The molecule has 0 aromatic carbocycles. The summed E-state index contributed by atoms with van der Waals surface area (Å²) in [7, 11) is 2.16. The van der Waals surface area contributed by atoms with E-state index in [9.17, 15) is 0 Å². The van der Waals surface area contributed by atoms with Crippen molar-refractivity contribution in [1.82, 2.24) is 19.6 Å². The molecule has 1 fully saturated rings. The molecular weight excluding hydrogens is 290 g/mol. The fraction of sp³-hybridized carbons (Fsp3) is 0.706. The number of anilines is 1. The van der Waals surface area contributed by atoms with Crippen molar-refractivity contribution in [2.45, 2.75) is 59.1 Å². The third kappa shape index (κ3) is 2.40. The predicted molar refractivity (Wildman–Crippen MR) is 90.8 cm³/mol. The van der Waals surface area contributed by atoms with Crippen molar-refractivity contribution in [3.05, 3.63) is 18.1 Å². The van der Waals surface area contributed by atoms with Gasteiger partial charge in [0.15, 0.2) is 0 Å². The first-order valence-electron chi connectivity index (χ1n) is 8.59. The van der Waals surface area contributed by atoms with Crippen molar-refractivity contribution in [3.63, 3.8) is 0 Å². The molecule has 0 bridgehead atoms. The van der Waals surface area contributed by atoms with Crippen LogP contribution in [0.15, 0.2) is 12.4 Å². The van der Waals surface area contributed by atoms with Crippen LogP contribution in [0.25, 0.3) is 5.78 Å². The van der Waals surface area contributed by atoms with Gasteiger partial charge in [-0.05, 0) is 33.1 Å². The van der Waals surface area contributed by atoms with Crippen molar-refractivity contribution in [2.75, 3.05) is 18.6 Å². The first-order chi connectivity index (χ1) is 11.1. The molecule has 0 unspecified atom stereocenters. The van der Waals surface area contributed by atoms with Crippen LogP contribution in [-0.2, 0) is 4.74 Å². The Labute approximate surface area is 137 Å². The van der Waals surface area contributed by atoms with Crippen molar-refractivity contribution >= 4 is 11.6 Å². The number of rotatable bonds is 6. The number of ether oxygens (including phenoxy) is 1. The van der Waals surface area contributed by atoms with E-state index in [4.69, 9.17) is 4.74 Å². The van der Waals surface area contributed by atoms with E-state index >= 15 is 0 Å². The average Bonchev–Trinajstić information content (AvgIpc) is 2.99. The standard InChI is InChI=1S/C17H27N5O/c1-6-17(7-2)13(10-14(17)23-8-3)21(5)15-9-12(4)20-16-18-11-19-22(15)16/h9,11,13-14H,6-8,10H2,1-5H3/t13-,14-/m1/s1. The summed E-state index contributed by atoms with van der Waals surface area (Å²) in [5, 5.41) is 4.35. The SMILES string of the molecule is CCO[C@@H]1C[C@@H](N(C)c2cc(C)nc3ncnn23)C1(CC)CC. The largest absolute Gasteiger partial charge is 0.378 e. The van der Waals surface area contributed by atoms with Gasteiger partial charge in [-0.1, -0.05) is 13.8 Å². The molecule has 2 aromatic heterocycles. The summed E-state index contributed by atoms with van der Waals surface area (Å²) in [6.45, 7) is 9.42. The average molecular weight is 317 g/mol. The lowest BCUT2D eigenvalue weighted by atomic mass is 9.58. The second-order valence-electron chi connectivity index (χ2n) is 6.47. The second kappa shape index (κ2) is 6.07. The molecule has 1 aliphatic rings. The summed E-state index contributed by atoms with van der Waals surface area (Å²) < 4.78 is 7.84. The molecule has 23 heavy (non-hydrogen) atoms. The molecule has 0 radical (unpaired) electrons. The minimum Gasteiger partial charge on any atom is -0.378 e. The van der Waals surface area contributed by atoms with E-state index in [1.807, 2.05) is 11.4 Å². The van der Waals surface area contributed by atoms with Gasteiger partial charge in [-0.2, -0.15) is 14.6 Å². The highest BCUT2D eigenvalue weighted by Crippen LogP contribution is 2.51. The molecule has 2 atom stereocenters. The third-order valence-corrected chi connectivity index (χ3v) is 5.62. The molecule has 0 aliphatic heterocycles. The molecule has 1 aliphatic carbocycles. The summed E-state index contributed by atoms with van der Waals surface area (Å²) in [5.41, 5.74) is 1.17. The zero-order valence-corrected chi connectivity index (χ0v) is 14.8. The van der Waals surface area contributed by atoms with E-state index in [2.05, 4.69) is 53.9 Å². The van der Waals surface area contributed by atoms with Crippen LogP contribution in [0.1, 0.15) is 45.7 Å². The van der Waals surface area contributed by atoms with Crippen LogP contribution in [-0.4, -0.2) is 45.4 Å². The molecular formula is C17H27N5O. The fourth-order valence-corrected chi connectivity index (χ4v) is 4.20. The Morgan fingerprint density at radius 2 is 2.09 bits per heavy atom. The Kier molecular flexibility index (Phi) is 4.27. The fourth-order valence-electron chi connectivity index (χ4n) is 4.20. The highest BCUT2D eigenvalue weighted by Gasteiger charge is 2.55. The lowest BCUT2D eigenvalue weighted by Crippen LogP contribution is -2.64. The van der Waals surface area contributed by atoms with Crippen LogP contribution in [0, 0.1) is 12.3 Å². The van der Waals surface area contributed by atoms with E-state index in [0.29, 0.717) is 17.9 Å². The van der Waals surface area contributed by atoms with Gasteiger partial charge in [0.2, 0.25) is 0 Å². The Hall–Kier alpha value is -1.69. The Morgan fingerprint density at radius 1 is 1.35 bits per heavy atom. The molecule has 6 heteroatoms. The number of nitrogens with zero attached hydrogens (tertiary/aromatic N) is 5. The summed E-state index contributed by atoms with van der Waals surface area (Å²) in [4.78, 5) is 11.0. The molecule has 3 rings (SSSR count). The topological polar surface area (TPSA) is 55.5 Å². The van der Waals surface area contributed by atoms with E-state index in [0.717, 1.165) is 37.4 Å². The number of aromatic nitrogens is 4. The molecule has 0 spiro atoms. The number of hydrogen-bond donors (Lipinski definition) is 0. The quantitative estimate of drug-likeness (QED) is 0.820. The molecule has 6 nitrogen and oxygen atoms in total. The Bertz CT molecular complexity index is 679. The molecule has 0 N–H and O–H groups in total. The molecule has 2 aromatic rings. The van der Waals surface area contributed by atoms with Crippen LogP contribution in [0.5, 0.6) is 0 Å². The van der Waals surface area contributed by atoms with Crippen LogP contribution in [0.4, 0.5) is 5.82 Å². The van der Waals surface area contributed by atoms with Crippen LogP contribution < -0.4 is 4.90 Å². The van der Waals surface area contributed by atoms with Gasteiger partial charge in [-0.15, -0.1) is 0 Å². The van der Waals surface area contributed by atoms with Gasteiger partial charge in [0.25, 0.3) is 5.78 Å². The van der Waals surface area contributed by atoms with Gasteiger partial charge < -0.3 is 9.64 Å². The third-order valence-electron chi connectivity index (χ3n) is 5.62. The normalized spacial score (nSPS) is 23.0. The smallest absolute Gasteiger partial charge is 0.254 e. The first-order valence-corrected chi connectivity index (χ1v) is 8.59. The number of aryl methyl sites for hydroxylation is 1. The molecule has 0 amide bonds. The van der Waals surface area contributed by atoms with E-state index < -0.39 is 0 Å². The van der Waals surface area contributed by atoms with Crippen molar-refractivity contribution in [1.29, 1.82) is 0 Å². The molecule has 126 valence electrons.